The lowest BCUT2D eigenvalue weighted by Crippen LogP contribution is -2.44. The van der Waals surface area contributed by atoms with Gasteiger partial charge < -0.3 is 5.32 Å². The number of nitrogens with one attached hydrogen (secondary N) is 1. The monoisotopic (exact) mass is 314 g/mol. The van der Waals surface area contributed by atoms with E-state index in [0.29, 0.717) is 17.0 Å². The highest BCUT2D eigenvalue weighted by Gasteiger charge is 2.24. The number of nitrogens with zero attached hydrogens (tertiary/aromatic N) is 1. The Bertz CT molecular complexity index is 464. The molecule has 0 heterocycles. The topological polar surface area (TPSA) is 52.9 Å². The predicted octanol–water partition coefficient (Wildman–Crippen LogP) is 3.52. The molecule has 1 aromatic carbocycles. The Balaban J connectivity index is 2.95. The van der Waals surface area contributed by atoms with Gasteiger partial charge in [0.2, 0.25) is 0 Å². The second-order valence-corrected chi connectivity index (χ2v) is 5.26. The molecule has 5 heteroatoms. The second kappa shape index (κ2) is 5.52. The normalized spacial score (nSPS) is 13.6. The molecule has 0 radical (unpaired) electrons. The Morgan fingerprint density at radius 2 is 2.24 bits per heavy atom. The lowest BCUT2D eigenvalue weighted by Gasteiger charge is -2.21. The number of benzene rings is 1. The maximum absolute atomic E-state index is 11.9. The van der Waals surface area contributed by atoms with E-state index < -0.39 is 5.54 Å². The van der Waals surface area contributed by atoms with Crippen LogP contribution < -0.4 is 5.32 Å². The van der Waals surface area contributed by atoms with Gasteiger partial charge in [0.25, 0.3) is 5.91 Å². The first-order valence-electron chi connectivity index (χ1n) is 5.10. The fourth-order valence-corrected chi connectivity index (χ4v) is 2.06. The molecular weight excluding hydrogens is 304 g/mol. The van der Waals surface area contributed by atoms with E-state index in [-0.39, 0.29) is 5.91 Å². The van der Waals surface area contributed by atoms with E-state index in [9.17, 15) is 4.79 Å². The second-order valence-electron chi connectivity index (χ2n) is 3.91. The first kappa shape index (κ1) is 14.0. The Morgan fingerprint density at radius 1 is 1.59 bits per heavy atom. The van der Waals surface area contributed by atoms with Crippen LogP contribution in [0.4, 0.5) is 0 Å². The standard InChI is InChI=1S/C12H12BrClN2O/c1-3-12(2,7-15)16-11(17)8-4-9(13)6-10(14)5-8/h4-6H,3H2,1-2H3,(H,16,17). The van der Waals surface area contributed by atoms with Crippen LogP contribution >= 0.6 is 27.5 Å². The van der Waals surface area contributed by atoms with Gasteiger partial charge in [-0.15, -0.1) is 0 Å². The molecule has 1 aromatic rings. The Labute approximate surface area is 114 Å². The molecule has 1 unspecified atom stereocenters. The zero-order chi connectivity index (χ0) is 13.1. The molecule has 0 aliphatic rings. The van der Waals surface area contributed by atoms with Crippen LogP contribution in [0.1, 0.15) is 30.6 Å². The van der Waals surface area contributed by atoms with Crippen molar-refractivity contribution < 1.29 is 4.79 Å². The van der Waals surface area contributed by atoms with Crippen LogP contribution in [0.25, 0.3) is 0 Å². The summed E-state index contributed by atoms with van der Waals surface area (Å²) in [4.78, 5) is 11.9. The van der Waals surface area contributed by atoms with Gasteiger partial charge in [0.15, 0.2) is 0 Å². The molecular formula is C12H12BrClN2O. The van der Waals surface area contributed by atoms with Crippen LogP contribution in [-0.4, -0.2) is 11.4 Å². The molecule has 0 saturated carbocycles. The average Bonchev–Trinajstić information content (AvgIpc) is 2.27. The fourth-order valence-electron chi connectivity index (χ4n) is 1.20. The summed E-state index contributed by atoms with van der Waals surface area (Å²) in [5.41, 5.74) is -0.425. The third-order valence-corrected chi connectivity index (χ3v) is 3.14. The summed E-state index contributed by atoms with van der Waals surface area (Å²) in [5.74, 6) is -0.306. The van der Waals surface area contributed by atoms with Crippen molar-refractivity contribution in [3.63, 3.8) is 0 Å². The minimum Gasteiger partial charge on any atom is -0.334 e. The van der Waals surface area contributed by atoms with E-state index in [2.05, 4.69) is 27.3 Å². The van der Waals surface area contributed by atoms with Crippen molar-refractivity contribution in [2.75, 3.05) is 0 Å². The number of nitriles is 1. The third kappa shape index (κ3) is 3.72. The van der Waals surface area contributed by atoms with Crippen molar-refractivity contribution in [3.8, 4) is 6.07 Å². The van der Waals surface area contributed by atoms with Gasteiger partial charge in [-0.2, -0.15) is 5.26 Å². The summed E-state index contributed by atoms with van der Waals surface area (Å²) in [5, 5.41) is 12.1. The number of amides is 1. The van der Waals surface area contributed by atoms with E-state index in [1.165, 1.54) is 0 Å². The largest absolute Gasteiger partial charge is 0.334 e. The number of carbonyl (C=O) groups excluding carboxylic acids is 1. The molecule has 90 valence electrons. The van der Waals surface area contributed by atoms with Crippen LogP contribution in [0.5, 0.6) is 0 Å². The predicted molar refractivity (Wildman–Crippen MR) is 70.9 cm³/mol. The van der Waals surface area contributed by atoms with E-state index in [4.69, 9.17) is 16.9 Å². The summed E-state index contributed by atoms with van der Waals surface area (Å²) in [6.45, 7) is 3.53. The Hall–Kier alpha value is -1.05. The molecule has 0 spiro atoms. The highest BCUT2D eigenvalue weighted by Crippen LogP contribution is 2.20. The maximum atomic E-state index is 11.9. The van der Waals surface area contributed by atoms with E-state index in [1.54, 1.807) is 25.1 Å². The summed E-state index contributed by atoms with van der Waals surface area (Å²) in [6, 6.07) is 7.00. The van der Waals surface area contributed by atoms with Crippen molar-refractivity contribution in [1.29, 1.82) is 5.26 Å². The molecule has 1 N–H and O–H groups in total. The summed E-state index contributed by atoms with van der Waals surface area (Å²) >= 11 is 9.12. The first-order valence-corrected chi connectivity index (χ1v) is 6.27. The van der Waals surface area contributed by atoms with Crippen molar-refractivity contribution >= 4 is 33.4 Å². The van der Waals surface area contributed by atoms with Crippen molar-refractivity contribution in [3.05, 3.63) is 33.3 Å². The van der Waals surface area contributed by atoms with Crippen LogP contribution in [0.15, 0.2) is 22.7 Å². The molecule has 3 nitrogen and oxygen atoms in total. The smallest absolute Gasteiger partial charge is 0.252 e. The molecule has 1 amide bonds. The van der Waals surface area contributed by atoms with E-state index >= 15 is 0 Å². The van der Waals surface area contributed by atoms with Gasteiger partial charge in [-0.25, -0.2) is 0 Å². The molecule has 0 bridgehead atoms. The summed E-state index contributed by atoms with van der Waals surface area (Å²) < 4.78 is 0.727. The molecule has 0 aromatic heterocycles. The van der Waals surface area contributed by atoms with Crippen LogP contribution in [0, 0.1) is 11.3 Å². The molecule has 17 heavy (non-hydrogen) atoms. The molecule has 1 atom stereocenters. The van der Waals surface area contributed by atoms with Crippen LogP contribution in [-0.2, 0) is 0 Å². The van der Waals surface area contributed by atoms with Gasteiger partial charge in [0.1, 0.15) is 5.54 Å². The first-order chi connectivity index (χ1) is 7.90. The van der Waals surface area contributed by atoms with Gasteiger partial charge in [0.05, 0.1) is 6.07 Å². The minimum atomic E-state index is -0.855. The number of hydrogen-bond donors (Lipinski definition) is 1. The van der Waals surface area contributed by atoms with Gasteiger partial charge in [-0.1, -0.05) is 34.5 Å². The quantitative estimate of drug-likeness (QED) is 0.927. The van der Waals surface area contributed by atoms with Crippen molar-refractivity contribution in [2.45, 2.75) is 25.8 Å². The van der Waals surface area contributed by atoms with Crippen LogP contribution in [0.3, 0.4) is 0 Å². The average molecular weight is 316 g/mol. The number of carbonyl (C=O) groups is 1. The summed E-state index contributed by atoms with van der Waals surface area (Å²) in [7, 11) is 0. The van der Waals surface area contributed by atoms with Gasteiger partial charge in [-0.3, -0.25) is 4.79 Å². The Morgan fingerprint density at radius 3 is 2.71 bits per heavy atom. The van der Waals surface area contributed by atoms with E-state index in [0.717, 1.165) is 4.47 Å². The van der Waals surface area contributed by atoms with Crippen molar-refractivity contribution in [2.24, 2.45) is 0 Å². The number of halogens is 2. The Kier molecular flexibility index (Phi) is 4.55. The zero-order valence-corrected chi connectivity index (χ0v) is 11.9. The minimum absolute atomic E-state index is 0.306. The molecule has 0 aliphatic carbocycles. The number of rotatable bonds is 3. The molecule has 0 fully saturated rings. The summed E-state index contributed by atoms with van der Waals surface area (Å²) in [6.07, 6.45) is 0.539. The lowest BCUT2D eigenvalue weighted by atomic mass is 10.0. The lowest BCUT2D eigenvalue weighted by molar-refractivity contribution is 0.0923. The highest BCUT2D eigenvalue weighted by molar-refractivity contribution is 9.10. The molecule has 0 saturated heterocycles. The van der Waals surface area contributed by atoms with E-state index in [1.807, 2.05) is 6.92 Å². The SMILES string of the molecule is CCC(C)(C#N)NC(=O)c1cc(Cl)cc(Br)c1. The van der Waals surface area contributed by atoms with Crippen LogP contribution in [0.2, 0.25) is 5.02 Å². The van der Waals surface area contributed by atoms with Gasteiger partial charge in [0, 0.05) is 15.1 Å². The molecule has 1 rings (SSSR count). The fraction of sp³-hybridized carbons (Fsp3) is 0.333. The highest BCUT2D eigenvalue weighted by atomic mass is 79.9. The zero-order valence-electron chi connectivity index (χ0n) is 9.55. The number of hydrogen-bond acceptors (Lipinski definition) is 2. The maximum Gasteiger partial charge on any atom is 0.252 e. The van der Waals surface area contributed by atoms with Crippen molar-refractivity contribution in [1.82, 2.24) is 5.32 Å². The third-order valence-electron chi connectivity index (χ3n) is 2.47. The molecule has 0 aliphatic heterocycles. The van der Waals surface area contributed by atoms with Gasteiger partial charge >= 0.3 is 0 Å². The van der Waals surface area contributed by atoms with Gasteiger partial charge in [-0.05, 0) is 31.5 Å².